The summed E-state index contributed by atoms with van der Waals surface area (Å²) in [7, 11) is -4.75. The zero-order valence-electron chi connectivity index (χ0n) is 11.9. The van der Waals surface area contributed by atoms with Gasteiger partial charge in [0.2, 0.25) is 10.0 Å². The first-order valence-electron chi connectivity index (χ1n) is 6.41. The van der Waals surface area contributed by atoms with Gasteiger partial charge in [0.1, 0.15) is 0 Å². The van der Waals surface area contributed by atoms with Gasteiger partial charge in [-0.1, -0.05) is 24.3 Å². The fourth-order valence-electron chi connectivity index (χ4n) is 2.24. The van der Waals surface area contributed by atoms with Gasteiger partial charge in [0.15, 0.2) is 0 Å². The van der Waals surface area contributed by atoms with Crippen molar-refractivity contribution in [2.24, 2.45) is 0 Å². The van der Waals surface area contributed by atoms with Crippen molar-refractivity contribution in [2.45, 2.75) is 17.9 Å². The zero-order chi connectivity index (χ0) is 15.6. The normalized spacial score (nSPS) is 15.0. The molecule has 0 aromatic heterocycles. The van der Waals surface area contributed by atoms with Crippen LogP contribution in [0.1, 0.15) is 6.92 Å². The van der Waals surface area contributed by atoms with Crippen LogP contribution in [0.2, 0.25) is 0 Å². The molecule has 0 saturated heterocycles. The fraction of sp³-hybridized carbons (Fsp3) is 0.286. The van der Waals surface area contributed by atoms with Crippen molar-refractivity contribution >= 4 is 37.3 Å². The molecule has 2 aromatic carbocycles. The Hall–Kier alpha value is -1.44. The molecule has 0 fully saturated rings. The first-order valence-corrected chi connectivity index (χ1v) is 9.62. The van der Waals surface area contributed by atoms with Crippen molar-refractivity contribution < 1.29 is 12.6 Å². The zero-order valence-corrected chi connectivity index (χ0v) is 13.5. The van der Waals surface area contributed by atoms with Crippen molar-refractivity contribution in [1.82, 2.24) is 4.72 Å². The minimum Gasteiger partial charge on any atom is -0.398 e. The lowest BCUT2D eigenvalue weighted by Crippen LogP contribution is -2.36. The molecule has 0 spiro atoms. The molecule has 0 heterocycles. The lowest BCUT2D eigenvalue weighted by Gasteiger charge is -2.15. The molecule has 0 aliphatic heterocycles. The molecule has 0 bridgehead atoms. The monoisotopic (exact) mass is 326 g/mol. The van der Waals surface area contributed by atoms with E-state index in [0.717, 1.165) is 0 Å². The van der Waals surface area contributed by atoms with E-state index in [4.69, 9.17) is 5.73 Å². The van der Waals surface area contributed by atoms with Crippen LogP contribution in [-0.2, 0) is 20.8 Å². The Morgan fingerprint density at radius 1 is 1.19 bits per heavy atom. The van der Waals surface area contributed by atoms with Gasteiger partial charge < -0.3 is 5.73 Å². The summed E-state index contributed by atoms with van der Waals surface area (Å²) in [5.41, 5.74) is 6.41. The molecule has 2 unspecified atom stereocenters. The van der Waals surface area contributed by atoms with E-state index >= 15 is 0 Å². The molecule has 0 saturated carbocycles. The molecule has 0 aliphatic carbocycles. The maximum absolute atomic E-state index is 12.5. The molecule has 2 rings (SSSR count). The van der Waals surface area contributed by atoms with E-state index in [-0.39, 0.29) is 10.6 Å². The van der Waals surface area contributed by atoms with Crippen molar-refractivity contribution in [2.75, 3.05) is 17.7 Å². The van der Waals surface area contributed by atoms with Gasteiger partial charge in [0.05, 0.1) is 4.90 Å². The molecule has 5 nitrogen and oxygen atoms in total. The lowest BCUT2D eigenvalue weighted by molar-refractivity contribution is 0.571. The van der Waals surface area contributed by atoms with Gasteiger partial charge in [-0.3, -0.25) is 4.21 Å². The van der Waals surface area contributed by atoms with Crippen LogP contribution in [0.3, 0.4) is 0 Å². The average molecular weight is 326 g/mol. The SMILES string of the molecule is CC(CS(C)=O)NS(=O)(=O)c1ccc(N)c2ccccc12. The summed E-state index contributed by atoms with van der Waals surface area (Å²) < 4.78 is 38.7. The maximum atomic E-state index is 12.5. The highest BCUT2D eigenvalue weighted by Gasteiger charge is 2.20. The Bertz CT molecular complexity index is 788. The molecule has 0 aliphatic rings. The predicted molar refractivity (Wildman–Crippen MR) is 87.1 cm³/mol. The van der Waals surface area contributed by atoms with E-state index < -0.39 is 26.9 Å². The summed E-state index contributed by atoms with van der Waals surface area (Å²) in [6, 6.07) is 9.76. The molecule has 3 N–H and O–H groups in total. The number of hydrogen-bond donors (Lipinski definition) is 2. The molecular formula is C14H18N2O3S2. The first-order chi connectivity index (χ1) is 9.81. The van der Waals surface area contributed by atoms with Crippen LogP contribution in [0.4, 0.5) is 5.69 Å². The fourth-order valence-corrected chi connectivity index (χ4v) is 4.59. The van der Waals surface area contributed by atoms with E-state index in [1.165, 1.54) is 6.07 Å². The van der Waals surface area contributed by atoms with Crippen LogP contribution in [0.5, 0.6) is 0 Å². The Balaban J connectivity index is 2.46. The first kappa shape index (κ1) is 15.9. The van der Waals surface area contributed by atoms with Gasteiger partial charge in [-0.2, -0.15) is 0 Å². The third kappa shape index (κ3) is 3.61. The summed E-state index contributed by atoms with van der Waals surface area (Å²) in [6.07, 6.45) is 1.55. The van der Waals surface area contributed by atoms with E-state index in [0.29, 0.717) is 16.5 Å². The molecular weight excluding hydrogens is 308 g/mol. The number of hydrogen-bond acceptors (Lipinski definition) is 4. The molecule has 2 atom stereocenters. The number of benzene rings is 2. The van der Waals surface area contributed by atoms with E-state index in [2.05, 4.69) is 4.72 Å². The van der Waals surface area contributed by atoms with Gasteiger partial charge in [-0.05, 0) is 19.1 Å². The highest BCUT2D eigenvalue weighted by Crippen LogP contribution is 2.27. The summed E-state index contributed by atoms with van der Waals surface area (Å²) >= 11 is 0. The second-order valence-corrected chi connectivity index (χ2v) is 8.12. The largest absolute Gasteiger partial charge is 0.398 e. The smallest absolute Gasteiger partial charge is 0.241 e. The molecule has 21 heavy (non-hydrogen) atoms. The van der Waals surface area contributed by atoms with E-state index in [1.54, 1.807) is 37.4 Å². The second kappa shape index (κ2) is 6.13. The van der Waals surface area contributed by atoms with E-state index in [1.807, 2.05) is 6.07 Å². The van der Waals surface area contributed by atoms with Crippen molar-refractivity contribution in [3.8, 4) is 0 Å². The molecule has 114 valence electrons. The van der Waals surface area contributed by atoms with Gasteiger partial charge in [-0.15, -0.1) is 0 Å². The number of nitrogens with one attached hydrogen (secondary N) is 1. The van der Waals surface area contributed by atoms with Crippen LogP contribution < -0.4 is 10.5 Å². The van der Waals surface area contributed by atoms with Gasteiger partial charge in [0.25, 0.3) is 0 Å². The van der Waals surface area contributed by atoms with Crippen LogP contribution in [0, 0.1) is 0 Å². The van der Waals surface area contributed by atoms with E-state index in [9.17, 15) is 12.6 Å². The third-order valence-electron chi connectivity index (χ3n) is 3.05. The molecule has 0 amide bonds. The maximum Gasteiger partial charge on any atom is 0.241 e. The minimum atomic E-state index is -3.69. The second-order valence-electron chi connectivity index (χ2n) is 4.96. The number of nitrogen functional groups attached to an aromatic ring is 1. The minimum absolute atomic E-state index is 0.182. The standard InChI is InChI=1S/C14H18N2O3S2/c1-10(9-20(2)17)16-21(18,19)14-8-7-13(15)11-5-3-4-6-12(11)14/h3-8,10,16H,9,15H2,1-2H3. The van der Waals surface area contributed by atoms with Crippen molar-refractivity contribution in [1.29, 1.82) is 0 Å². The highest BCUT2D eigenvalue weighted by atomic mass is 32.2. The van der Waals surface area contributed by atoms with Gasteiger partial charge >= 0.3 is 0 Å². The summed E-state index contributed by atoms with van der Waals surface area (Å²) in [4.78, 5) is 0.182. The average Bonchev–Trinajstić information content (AvgIpc) is 2.37. The number of nitrogens with two attached hydrogens (primary N) is 1. The van der Waals surface area contributed by atoms with Crippen LogP contribution in [-0.4, -0.2) is 30.7 Å². The lowest BCUT2D eigenvalue weighted by atomic mass is 10.1. The predicted octanol–water partition coefficient (Wildman–Crippen LogP) is 1.47. The van der Waals surface area contributed by atoms with Gasteiger partial charge in [0, 0.05) is 45.3 Å². The Kier molecular flexibility index (Phi) is 4.65. The Labute approximate surface area is 127 Å². The molecule has 0 radical (unpaired) electrons. The molecule has 2 aromatic rings. The Morgan fingerprint density at radius 2 is 1.81 bits per heavy atom. The molecule has 7 heteroatoms. The summed E-state index contributed by atoms with van der Waals surface area (Å²) in [5, 5.41) is 1.28. The number of sulfonamides is 1. The van der Waals surface area contributed by atoms with Crippen LogP contribution in [0.25, 0.3) is 10.8 Å². The number of anilines is 1. The third-order valence-corrected chi connectivity index (χ3v) is 5.67. The van der Waals surface area contributed by atoms with Crippen LogP contribution >= 0.6 is 0 Å². The van der Waals surface area contributed by atoms with Gasteiger partial charge in [-0.25, -0.2) is 13.1 Å². The Morgan fingerprint density at radius 3 is 2.43 bits per heavy atom. The van der Waals surface area contributed by atoms with Crippen LogP contribution in [0.15, 0.2) is 41.3 Å². The van der Waals surface area contributed by atoms with Crippen molar-refractivity contribution in [3.63, 3.8) is 0 Å². The topological polar surface area (TPSA) is 89.3 Å². The highest BCUT2D eigenvalue weighted by molar-refractivity contribution is 7.90. The van der Waals surface area contributed by atoms with Crippen molar-refractivity contribution in [3.05, 3.63) is 36.4 Å². The summed E-state index contributed by atoms with van der Waals surface area (Å²) in [5.74, 6) is 0.270. The number of rotatable bonds is 5. The quantitative estimate of drug-likeness (QED) is 0.814. The summed E-state index contributed by atoms with van der Waals surface area (Å²) in [6.45, 7) is 1.69. The number of fused-ring (bicyclic) bond motifs is 1.